The molecule has 0 bridgehead atoms. The molecule has 1 aromatic heterocycles. The summed E-state index contributed by atoms with van der Waals surface area (Å²) < 4.78 is 20.7. The molecule has 4 aromatic rings. The Hall–Kier alpha value is -3.47. The van der Waals surface area contributed by atoms with E-state index in [9.17, 15) is 9.18 Å². The van der Waals surface area contributed by atoms with Crippen LogP contribution in [0.5, 0.6) is 5.88 Å². The highest BCUT2D eigenvalue weighted by molar-refractivity contribution is 6.05. The highest BCUT2D eigenvalue weighted by Crippen LogP contribution is 2.24. The predicted octanol–water partition coefficient (Wildman–Crippen LogP) is 4.95. The van der Waals surface area contributed by atoms with Crippen molar-refractivity contribution in [3.63, 3.8) is 0 Å². The molecule has 0 unspecified atom stereocenters. The van der Waals surface area contributed by atoms with Gasteiger partial charge in [-0.25, -0.2) is 13.9 Å². The molecule has 0 N–H and O–H groups in total. The lowest BCUT2D eigenvalue weighted by atomic mass is 10.1. The van der Waals surface area contributed by atoms with Crippen LogP contribution in [0.25, 0.3) is 16.5 Å². The average Bonchev–Trinajstić information content (AvgIpc) is 3.10. The van der Waals surface area contributed by atoms with E-state index in [2.05, 4.69) is 5.10 Å². The zero-order valence-electron chi connectivity index (χ0n) is 14.7. The van der Waals surface area contributed by atoms with Crippen LogP contribution in [-0.2, 0) is 6.42 Å². The van der Waals surface area contributed by atoms with Gasteiger partial charge in [-0.15, -0.1) is 0 Å². The number of hydrogen-bond donors (Lipinski definition) is 0. The number of hydrogen-bond acceptors (Lipinski definition) is 3. The summed E-state index contributed by atoms with van der Waals surface area (Å²) in [6.07, 6.45) is 0.668. The number of esters is 1. The van der Waals surface area contributed by atoms with Gasteiger partial charge in [-0.1, -0.05) is 49.4 Å². The third-order valence-corrected chi connectivity index (χ3v) is 4.35. The van der Waals surface area contributed by atoms with Crippen LogP contribution in [0.15, 0.2) is 72.8 Å². The van der Waals surface area contributed by atoms with Gasteiger partial charge >= 0.3 is 5.97 Å². The number of rotatable bonds is 4. The van der Waals surface area contributed by atoms with Crippen LogP contribution in [-0.4, -0.2) is 15.7 Å². The van der Waals surface area contributed by atoms with E-state index in [1.54, 1.807) is 24.3 Å². The van der Waals surface area contributed by atoms with Gasteiger partial charge in [0.05, 0.1) is 16.9 Å². The van der Waals surface area contributed by atoms with Gasteiger partial charge in [-0.2, -0.15) is 5.10 Å². The summed E-state index contributed by atoms with van der Waals surface area (Å²) in [7, 11) is 0. The normalized spacial score (nSPS) is 10.9. The van der Waals surface area contributed by atoms with Crippen molar-refractivity contribution in [1.82, 2.24) is 9.78 Å². The minimum Gasteiger partial charge on any atom is -0.404 e. The summed E-state index contributed by atoms with van der Waals surface area (Å²) in [4.78, 5) is 12.8. The van der Waals surface area contributed by atoms with Crippen molar-refractivity contribution in [2.75, 3.05) is 0 Å². The molecule has 0 atom stereocenters. The van der Waals surface area contributed by atoms with Gasteiger partial charge < -0.3 is 4.74 Å². The summed E-state index contributed by atoms with van der Waals surface area (Å²) in [5, 5.41) is 6.20. The summed E-state index contributed by atoms with van der Waals surface area (Å²) in [6, 6.07) is 20.8. The standard InChI is InChI=1S/C22H17FN2O2/c1-2-17-14-21(25(24-17)18-10-6-9-16(23)13-18)27-22(26)20-12-5-8-15-7-3-4-11-19(15)20/h3-14H,2H2,1H3. The number of carbonyl (C=O) groups excluding carboxylic acids is 1. The third kappa shape index (κ3) is 3.31. The lowest BCUT2D eigenvalue weighted by molar-refractivity contribution is 0.0725. The Kier molecular flexibility index (Phi) is 4.42. The molecular weight excluding hydrogens is 343 g/mol. The second kappa shape index (κ2) is 7.03. The van der Waals surface area contributed by atoms with Crippen molar-refractivity contribution in [2.24, 2.45) is 0 Å². The molecule has 4 nitrogen and oxygen atoms in total. The molecule has 5 heteroatoms. The van der Waals surface area contributed by atoms with E-state index >= 15 is 0 Å². The van der Waals surface area contributed by atoms with Crippen LogP contribution in [0.2, 0.25) is 0 Å². The van der Waals surface area contributed by atoms with Crippen molar-refractivity contribution >= 4 is 16.7 Å². The third-order valence-electron chi connectivity index (χ3n) is 4.35. The Morgan fingerprint density at radius 1 is 1.04 bits per heavy atom. The fourth-order valence-corrected chi connectivity index (χ4v) is 3.00. The first kappa shape index (κ1) is 17.0. The van der Waals surface area contributed by atoms with Gasteiger partial charge in [0.2, 0.25) is 5.88 Å². The average molecular weight is 360 g/mol. The van der Waals surface area contributed by atoms with E-state index in [0.717, 1.165) is 16.5 Å². The summed E-state index contributed by atoms with van der Waals surface area (Å²) in [5.74, 6) is -0.602. The zero-order chi connectivity index (χ0) is 18.8. The summed E-state index contributed by atoms with van der Waals surface area (Å²) in [5.41, 5.74) is 1.72. The van der Waals surface area contributed by atoms with Gasteiger partial charge in [0.25, 0.3) is 0 Å². The Bertz CT molecular complexity index is 1130. The van der Waals surface area contributed by atoms with Crippen molar-refractivity contribution in [1.29, 1.82) is 0 Å². The molecule has 27 heavy (non-hydrogen) atoms. The SMILES string of the molecule is CCc1cc(OC(=O)c2cccc3ccccc23)n(-c2cccc(F)c2)n1. The van der Waals surface area contributed by atoms with Crippen LogP contribution in [0.1, 0.15) is 23.0 Å². The molecule has 0 saturated heterocycles. The van der Waals surface area contributed by atoms with Gasteiger partial charge in [-0.05, 0) is 41.5 Å². The molecule has 134 valence electrons. The second-order valence-corrected chi connectivity index (χ2v) is 6.14. The number of carbonyl (C=O) groups is 1. The molecule has 0 spiro atoms. The Morgan fingerprint density at radius 3 is 2.63 bits per heavy atom. The number of ether oxygens (including phenoxy) is 1. The minimum atomic E-state index is -0.480. The zero-order valence-corrected chi connectivity index (χ0v) is 14.7. The largest absolute Gasteiger partial charge is 0.404 e. The highest BCUT2D eigenvalue weighted by atomic mass is 19.1. The lowest BCUT2D eigenvalue weighted by Crippen LogP contribution is -2.12. The van der Waals surface area contributed by atoms with E-state index in [-0.39, 0.29) is 11.7 Å². The van der Waals surface area contributed by atoms with Gasteiger partial charge in [0, 0.05) is 6.07 Å². The molecule has 4 rings (SSSR count). The van der Waals surface area contributed by atoms with E-state index in [4.69, 9.17) is 4.74 Å². The topological polar surface area (TPSA) is 44.1 Å². The van der Waals surface area contributed by atoms with Gasteiger partial charge in [0.1, 0.15) is 5.82 Å². The van der Waals surface area contributed by atoms with Crippen LogP contribution in [0, 0.1) is 5.82 Å². The number of aryl methyl sites for hydroxylation is 1. The van der Waals surface area contributed by atoms with E-state index in [1.165, 1.54) is 16.8 Å². The second-order valence-electron chi connectivity index (χ2n) is 6.14. The Morgan fingerprint density at radius 2 is 1.81 bits per heavy atom. The first-order chi connectivity index (χ1) is 13.2. The van der Waals surface area contributed by atoms with Crippen molar-refractivity contribution < 1.29 is 13.9 Å². The number of benzene rings is 3. The van der Waals surface area contributed by atoms with E-state index < -0.39 is 5.97 Å². The molecule has 0 aliphatic carbocycles. The monoisotopic (exact) mass is 360 g/mol. The predicted molar refractivity (Wildman–Crippen MR) is 102 cm³/mol. The maximum absolute atomic E-state index is 13.6. The van der Waals surface area contributed by atoms with Gasteiger partial charge in [0.15, 0.2) is 0 Å². The van der Waals surface area contributed by atoms with Gasteiger partial charge in [-0.3, -0.25) is 0 Å². The molecule has 0 radical (unpaired) electrons. The first-order valence-electron chi connectivity index (χ1n) is 8.70. The van der Waals surface area contributed by atoms with Crippen LogP contribution in [0.3, 0.4) is 0 Å². The fraction of sp³-hybridized carbons (Fsp3) is 0.0909. The maximum Gasteiger partial charge on any atom is 0.345 e. The first-order valence-corrected chi connectivity index (χ1v) is 8.70. The Balaban J connectivity index is 1.74. The number of halogens is 1. The highest BCUT2D eigenvalue weighted by Gasteiger charge is 2.17. The van der Waals surface area contributed by atoms with Crippen LogP contribution < -0.4 is 4.74 Å². The van der Waals surface area contributed by atoms with E-state index in [1.807, 2.05) is 43.3 Å². The van der Waals surface area contributed by atoms with Crippen LogP contribution in [0.4, 0.5) is 4.39 Å². The molecule has 1 heterocycles. The summed E-state index contributed by atoms with van der Waals surface area (Å²) >= 11 is 0. The smallest absolute Gasteiger partial charge is 0.345 e. The van der Waals surface area contributed by atoms with E-state index in [0.29, 0.717) is 17.7 Å². The quantitative estimate of drug-likeness (QED) is 0.484. The molecule has 0 aliphatic rings. The molecule has 3 aromatic carbocycles. The van der Waals surface area contributed by atoms with Crippen LogP contribution >= 0.6 is 0 Å². The number of fused-ring (bicyclic) bond motifs is 1. The fourth-order valence-electron chi connectivity index (χ4n) is 3.00. The number of aromatic nitrogens is 2. The van der Waals surface area contributed by atoms with Crippen molar-refractivity contribution in [2.45, 2.75) is 13.3 Å². The van der Waals surface area contributed by atoms with Crippen molar-refractivity contribution in [3.05, 3.63) is 89.9 Å². The lowest BCUT2D eigenvalue weighted by Gasteiger charge is -2.09. The Labute approximate surface area is 155 Å². The minimum absolute atomic E-state index is 0.260. The van der Waals surface area contributed by atoms with Crippen molar-refractivity contribution in [3.8, 4) is 11.6 Å². The maximum atomic E-state index is 13.6. The molecule has 0 saturated carbocycles. The summed E-state index contributed by atoms with van der Waals surface area (Å²) in [6.45, 7) is 1.95. The molecular formula is C22H17FN2O2. The number of nitrogens with zero attached hydrogens (tertiary/aromatic N) is 2. The molecule has 0 fully saturated rings. The molecule has 0 amide bonds. The molecule has 0 aliphatic heterocycles.